The number of hydrogen-bond donors (Lipinski definition) is 2. The molecular weight excluding hydrogens is 357 g/mol. The van der Waals surface area contributed by atoms with Crippen molar-refractivity contribution in [3.05, 3.63) is 75.8 Å². The van der Waals surface area contributed by atoms with E-state index < -0.39 is 17.2 Å². The molecule has 28 heavy (non-hydrogen) atoms. The third kappa shape index (κ3) is 3.67. The minimum absolute atomic E-state index is 0.00846. The number of carbonyl (C=O) groups excluding carboxylic acids is 1. The van der Waals surface area contributed by atoms with Crippen LogP contribution in [0.25, 0.3) is 10.9 Å². The van der Waals surface area contributed by atoms with Gasteiger partial charge in [0.1, 0.15) is 11.3 Å². The van der Waals surface area contributed by atoms with Crippen LogP contribution >= 0.6 is 0 Å². The van der Waals surface area contributed by atoms with E-state index in [9.17, 15) is 14.0 Å². The van der Waals surface area contributed by atoms with Crippen molar-refractivity contribution in [3.63, 3.8) is 0 Å². The number of carbonyl (C=O) groups is 1. The Bertz CT molecular complexity index is 1050. The second-order valence-electron chi connectivity index (χ2n) is 7.38. The Balaban J connectivity index is 1.55. The Morgan fingerprint density at radius 3 is 2.71 bits per heavy atom. The summed E-state index contributed by atoms with van der Waals surface area (Å²) in [5, 5.41) is 9.50. The fraction of sp³-hybridized carbons (Fsp3) is 0.318. The number of benzene rings is 2. The van der Waals surface area contributed by atoms with Crippen LogP contribution in [0, 0.1) is 11.7 Å². The van der Waals surface area contributed by atoms with Crippen LogP contribution < -0.4 is 10.7 Å². The van der Waals surface area contributed by atoms with Gasteiger partial charge in [-0.3, -0.25) is 14.7 Å². The van der Waals surface area contributed by atoms with Crippen LogP contribution in [0.4, 0.5) is 4.39 Å². The third-order valence-corrected chi connectivity index (χ3v) is 5.53. The molecule has 0 radical (unpaired) electrons. The normalized spacial score (nSPS) is 19.5. The van der Waals surface area contributed by atoms with Crippen molar-refractivity contribution < 1.29 is 9.18 Å². The van der Waals surface area contributed by atoms with E-state index in [1.165, 1.54) is 23.8 Å². The molecule has 2 atom stereocenters. The number of aromatic amines is 1. The van der Waals surface area contributed by atoms with Gasteiger partial charge in [-0.2, -0.15) is 5.10 Å². The molecule has 2 N–H and O–H groups in total. The molecule has 4 rings (SSSR count). The standard InChI is InChI=1S/C22H22FN3O2/c23-17-11-6-10-16-19(17)25-26-20(21(16)27)22(28)24-18-12-5-4-9-15(18)13-14-7-2-1-3-8-14/h1-3,6-8,10-11,15,18H,4-5,9,12-13H2,(H,24,28)(H,25,27). The lowest BCUT2D eigenvalue weighted by atomic mass is 9.80. The lowest BCUT2D eigenvalue weighted by molar-refractivity contribution is 0.0898. The van der Waals surface area contributed by atoms with Gasteiger partial charge in [0.25, 0.3) is 5.91 Å². The van der Waals surface area contributed by atoms with E-state index in [1.54, 1.807) is 0 Å². The summed E-state index contributed by atoms with van der Waals surface area (Å²) in [4.78, 5) is 25.4. The first-order chi connectivity index (χ1) is 13.6. The smallest absolute Gasteiger partial charge is 0.276 e. The molecule has 1 aliphatic rings. The monoisotopic (exact) mass is 379 g/mol. The van der Waals surface area contributed by atoms with Crippen molar-refractivity contribution in [2.24, 2.45) is 5.92 Å². The number of hydrogen-bond acceptors (Lipinski definition) is 3. The molecule has 0 spiro atoms. The molecule has 1 aliphatic carbocycles. The number of amides is 1. The van der Waals surface area contributed by atoms with Crippen molar-refractivity contribution in [1.29, 1.82) is 0 Å². The van der Waals surface area contributed by atoms with Crippen molar-refractivity contribution in [1.82, 2.24) is 15.5 Å². The lowest BCUT2D eigenvalue weighted by Gasteiger charge is -2.32. The minimum Gasteiger partial charge on any atom is -0.347 e. The van der Waals surface area contributed by atoms with Crippen molar-refractivity contribution in [2.45, 2.75) is 38.1 Å². The summed E-state index contributed by atoms with van der Waals surface area (Å²) in [6.45, 7) is 0. The predicted octanol–water partition coefficient (Wildman–Crippen LogP) is 3.59. The van der Waals surface area contributed by atoms with Gasteiger partial charge in [-0.05, 0) is 42.9 Å². The van der Waals surface area contributed by atoms with Gasteiger partial charge in [-0.1, -0.05) is 49.2 Å². The molecule has 2 aromatic carbocycles. The van der Waals surface area contributed by atoms with Crippen molar-refractivity contribution >= 4 is 16.8 Å². The predicted molar refractivity (Wildman–Crippen MR) is 106 cm³/mol. The minimum atomic E-state index is -0.565. The van der Waals surface area contributed by atoms with Crippen LogP contribution in [0.3, 0.4) is 0 Å². The molecule has 3 aromatic rings. The van der Waals surface area contributed by atoms with E-state index in [0.29, 0.717) is 5.92 Å². The zero-order valence-corrected chi connectivity index (χ0v) is 15.5. The average Bonchev–Trinajstić information content (AvgIpc) is 2.71. The maximum atomic E-state index is 13.8. The summed E-state index contributed by atoms with van der Waals surface area (Å²) in [5.74, 6) is -0.751. The number of fused-ring (bicyclic) bond motifs is 1. The van der Waals surface area contributed by atoms with Gasteiger partial charge in [0, 0.05) is 6.04 Å². The zero-order valence-electron chi connectivity index (χ0n) is 15.5. The lowest BCUT2D eigenvalue weighted by Crippen LogP contribution is -2.44. The van der Waals surface area contributed by atoms with Crippen LogP contribution in [-0.2, 0) is 6.42 Å². The first kappa shape index (κ1) is 18.3. The number of para-hydroxylation sites is 1. The van der Waals surface area contributed by atoms with E-state index in [1.807, 2.05) is 18.2 Å². The molecule has 0 bridgehead atoms. The Morgan fingerprint density at radius 2 is 1.89 bits per heavy atom. The van der Waals surface area contributed by atoms with Crippen LogP contribution in [0.15, 0.2) is 53.3 Å². The number of nitrogens with one attached hydrogen (secondary N) is 2. The van der Waals surface area contributed by atoms with Crippen molar-refractivity contribution in [3.8, 4) is 0 Å². The fourth-order valence-corrected chi connectivity index (χ4v) is 4.07. The topological polar surface area (TPSA) is 74.8 Å². The van der Waals surface area contributed by atoms with Gasteiger partial charge in [0.05, 0.1) is 5.39 Å². The van der Waals surface area contributed by atoms with E-state index in [0.717, 1.165) is 32.1 Å². The van der Waals surface area contributed by atoms with Gasteiger partial charge in [0.2, 0.25) is 5.43 Å². The molecule has 1 amide bonds. The zero-order chi connectivity index (χ0) is 19.5. The quantitative estimate of drug-likeness (QED) is 0.727. The largest absolute Gasteiger partial charge is 0.347 e. The highest BCUT2D eigenvalue weighted by Gasteiger charge is 2.28. The molecule has 5 nitrogen and oxygen atoms in total. The molecule has 6 heteroatoms. The summed E-state index contributed by atoms with van der Waals surface area (Å²) in [6, 6.07) is 14.4. The summed E-state index contributed by atoms with van der Waals surface area (Å²) in [5.41, 5.74) is 0.484. The Hall–Kier alpha value is -3.02. The molecule has 1 fully saturated rings. The number of rotatable bonds is 4. The van der Waals surface area contributed by atoms with E-state index in [2.05, 4.69) is 27.6 Å². The van der Waals surface area contributed by atoms with Crippen LogP contribution in [0.1, 0.15) is 41.7 Å². The van der Waals surface area contributed by atoms with Gasteiger partial charge in [0.15, 0.2) is 5.69 Å². The maximum absolute atomic E-state index is 13.8. The second kappa shape index (κ2) is 7.92. The SMILES string of the molecule is O=C(NC1CCCCC1Cc1ccccc1)c1n[nH]c2c(F)cccc2c1=O. The van der Waals surface area contributed by atoms with Crippen LogP contribution in [0.2, 0.25) is 0 Å². The van der Waals surface area contributed by atoms with Gasteiger partial charge >= 0.3 is 0 Å². The number of H-pyrrole nitrogens is 1. The maximum Gasteiger partial charge on any atom is 0.276 e. The third-order valence-electron chi connectivity index (χ3n) is 5.53. The molecule has 0 saturated heterocycles. The molecule has 1 aromatic heterocycles. The van der Waals surface area contributed by atoms with Crippen LogP contribution in [-0.4, -0.2) is 22.1 Å². The van der Waals surface area contributed by atoms with Crippen LogP contribution in [0.5, 0.6) is 0 Å². The molecule has 144 valence electrons. The van der Waals surface area contributed by atoms with E-state index in [4.69, 9.17) is 0 Å². The van der Waals surface area contributed by atoms with E-state index in [-0.39, 0.29) is 22.6 Å². The molecule has 0 aliphatic heterocycles. The van der Waals surface area contributed by atoms with Gasteiger partial charge in [-0.25, -0.2) is 4.39 Å². The Morgan fingerprint density at radius 1 is 1.11 bits per heavy atom. The Kier molecular flexibility index (Phi) is 5.19. The van der Waals surface area contributed by atoms with Crippen molar-refractivity contribution in [2.75, 3.05) is 0 Å². The Labute approximate surface area is 162 Å². The molecule has 2 unspecified atom stereocenters. The highest BCUT2D eigenvalue weighted by atomic mass is 19.1. The number of nitrogens with zero attached hydrogens (tertiary/aromatic N) is 1. The molecule has 1 heterocycles. The summed E-state index contributed by atoms with van der Waals surface area (Å²) < 4.78 is 13.8. The molecular formula is C22H22FN3O2. The van der Waals surface area contributed by atoms with Gasteiger partial charge < -0.3 is 5.32 Å². The first-order valence-electron chi connectivity index (χ1n) is 9.65. The summed E-state index contributed by atoms with van der Waals surface area (Å²) >= 11 is 0. The van der Waals surface area contributed by atoms with E-state index >= 15 is 0 Å². The second-order valence-corrected chi connectivity index (χ2v) is 7.38. The average molecular weight is 379 g/mol. The number of aromatic nitrogens is 2. The number of halogens is 1. The molecule has 1 saturated carbocycles. The summed E-state index contributed by atoms with van der Waals surface area (Å²) in [7, 11) is 0. The fourth-order valence-electron chi connectivity index (χ4n) is 4.07. The first-order valence-corrected chi connectivity index (χ1v) is 9.65. The highest BCUT2D eigenvalue weighted by molar-refractivity contribution is 5.95. The highest BCUT2D eigenvalue weighted by Crippen LogP contribution is 2.27. The van der Waals surface area contributed by atoms with Gasteiger partial charge in [-0.15, -0.1) is 0 Å². The summed E-state index contributed by atoms with van der Waals surface area (Å²) in [6.07, 6.45) is 4.98.